The number of rotatable bonds is 5. The van der Waals surface area contributed by atoms with Crippen LogP contribution in [-0.4, -0.2) is 6.04 Å². The van der Waals surface area contributed by atoms with Crippen molar-refractivity contribution < 1.29 is 0 Å². The van der Waals surface area contributed by atoms with E-state index in [9.17, 15) is 0 Å². The average molecular weight is 317 g/mol. The summed E-state index contributed by atoms with van der Waals surface area (Å²) in [7, 11) is 0. The summed E-state index contributed by atoms with van der Waals surface area (Å²) in [6.45, 7) is 0. The Kier molecular flexibility index (Phi) is 4.55. The van der Waals surface area contributed by atoms with Gasteiger partial charge in [-0.25, -0.2) is 0 Å². The van der Waals surface area contributed by atoms with Crippen LogP contribution in [0.2, 0.25) is 0 Å². The van der Waals surface area contributed by atoms with Gasteiger partial charge in [-0.3, -0.25) is 11.3 Å². The molecule has 0 aliphatic heterocycles. The maximum absolute atomic E-state index is 5.59. The molecule has 2 nitrogen and oxygen atoms in total. The number of hydrogen-bond acceptors (Lipinski definition) is 4. The Labute approximate surface area is 112 Å². The van der Waals surface area contributed by atoms with Gasteiger partial charge in [-0.05, 0) is 57.2 Å². The van der Waals surface area contributed by atoms with E-state index < -0.39 is 0 Å². The first-order chi connectivity index (χ1) is 7.78. The van der Waals surface area contributed by atoms with Crippen molar-refractivity contribution in [2.45, 2.75) is 18.9 Å². The molecule has 0 saturated heterocycles. The molecule has 0 amide bonds. The molecule has 0 aliphatic carbocycles. The Bertz CT molecular complexity index is 425. The second-order valence-corrected chi connectivity index (χ2v) is 6.33. The van der Waals surface area contributed by atoms with Crippen LogP contribution in [0.5, 0.6) is 0 Å². The van der Waals surface area contributed by atoms with E-state index >= 15 is 0 Å². The predicted molar refractivity (Wildman–Crippen MR) is 74.9 cm³/mol. The van der Waals surface area contributed by atoms with E-state index in [2.05, 4.69) is 49.6 Å². The van der Waals surface area contributed by atoms with Crippen LogP contribution < -0.4 is 11.3 Å². The number of hydrazine groups is 1. The van der Waals surface area contributed by atoms with E-state index in [0.29, 0.717) is 6.04 Å². The molecule has 0 aliphatic rings. The Morgan fingerprint density at radius 2 is 2.25 bits per heavy atom. The molecule has 16 heavy (non-hydrogen) atoms. The van der Waals surface area contributed by atoms with Crippen LogP contribution in [0, 0.1) is 0 Å². The summed E-state index contributed by atoms with van der Waals surface area (Å²) < 4.78 is 1.15. The third-order valence-electron chi connectivity index (χ3n) is 2.37. The zero-order valence-corrected chi connectivity index (χ0v) is 11.9. The fourth-order valence-corrected chi connectivity index (χ4v) is 3.80. The summed E-state index contributed by atoms with van der Waals surface area (Å²) in [5, 5.41) is 6.38. The zero-order valence-electron chi connectivity index (χ0n) is 8.65. The summed E-state index contributed by atoms with van der Waals surface area (Å²) >= 11 is 6.96. The van der Waals surface area contributed by atoms with Crippen LogP contribution in [0.25, 0.3) is 0 Å². The Balaban J connectivity index is 1.95. The highest BCUT2D eigenvalue weighted by atomic mass is 79.9. The number of nitrogens with one attached hydrogen (secondary N) is 1. The van der Waals surface area contributed by atoms with Crippen LogP contribution in [0.4, 0.5) is 0 Å². The molecule has 0 aromatic carbocycles. The number of thiophene rings is 2. The first-order valence-electron chi connectivity index (χ1n) is 4.98. The fraction of sp³-hybridized carbons (Fsp3) is 0.273. The second kappa shape index (κ2) is 5.93. The average Bonchev–Trinajstić information content (AvgIpc) is 2.89. The SMILES string of the molecule is NNC(Cc1ccsc1)Cc1cc(Br)cs1. The van der Waals surface area contributed by atoms with Gasteiger partial charge < -0.3 is 0 Å². The monoisotopic (exact) mass is 316 g/mol. The maximum atomic E-state index is 5.59. The standard InChI is InChI=1S/C11H13BrN2S2/c12-9-4-11(16-7-9)5-10(14-13)3-8-1-2-15-6-8/h1-2,4,6-7,10,14H,3,5,13H2. The summed E-state index contributed by atoms with van der Waals surface area (Å²) in [4.78, 5) is 1.35. The van der Waals surface area contributed by atoms with E-state index in [4.69, 9.17) is 5.84 Å². The van der Waals surface area contributed by atoms with Crippen molar-refractivity contribution in [3.8, 4) is 0 Å². The largest absolute Gasteiger partial charge is 0.271 e. The second-order valence-electron chi connectivity index (χ2n) is 3.63. The highest BCUT2D eigenvalue weighted by Gasteiger charge is 2.10. The van der Waals surface area contributed by atoms with Crippen molar-refractivity contribution in [1.82, 2.24) is 5.43 Å². The highest BCUT2D eigenvalue weighted by molar-refractivity contribution is 9.10. The van der Waals surface area contributed by atoms with Gasteiger partial charge >= 0.3 is 0 Å². The van der Waals surface area contributed by atoms with E-state index in [1.807, 2.05) is 0 Å². The molecule has 0 spiro atoms. The van der Waals surface area contributed by atoms with Gasteiger partial charge in [0.2, 0.25) is 0 Å². The molecule has 0 saturated carbocycles. The minimum absolute atomic E-state index is 0.306. The lowest BCUT2D eigenvalue weighted by Crippen LogP contribution is -2.38. The van der Waals surface area contributed by atoms with E-state index in [-0.39, 0.29) is 0 Å². The van der Waals surface area contributed by atoms with Crippen LogP contribution >= 0.6 is 38.6 Å². The van der Waals surface area contributed by atoms with Gasteiger partial charge in [-0.1, -0.05) is 0 Å². The lowest BCUT2D eigenvalue weighted by molar-refractivity contribution is 0.526. The van der Waals surface area contributed by atoms with Crippen molar-refractivity contribution >= 4 is 38.6 Å². The van der Waals surface area contributed by atoms with Crippen molar-refractivity contribution in [3.05, 3.63) is 43.2 Å². The summed E-state index contributed by atoms with van der Waals surface area (Å²) in [6.07, 6.45) is 1.96. The molecule has 3 N–H and O–H groups in total. The number of hydrogen-bond donors (Lipinski definition) is 2. The van der Waals surface area contributed by atoms with Crippen LogP contribution in [0.15, 0.2) is 32.7 Å². The fourth-order valence-electron chi connectivity index (χ4n) is 1.59. The van der Waals surface area contributed by atoms with Gasteiger partial charge in [-0.15, -0.1) is 11.3 Å². The highest BCUT2D eigenvalue weighted by Crippen LogP contribution is 2.21. The molecule has 2 aromatic rings. The molecule has 0 bridgehead atoms. The molecule has 1 unspecified atom stereocenters. The molecule has 5 heteroatoms. The Morgan fingerprint density at radius 3 is 2.81 bits per heavy atom. The zero-order chi connectivity index (χ0) is 11.4. The first-order valence-corrected chi connectivity index (χ1v) is 7.59. The molecule has 1 atom stereocenters. The third kappa shape index (κ3) is 3.40. The lowest BCUT2D eigenvalue weighted by Gasteiger charge is -2.13. The summed E-state index contributed by atoms with van der Waals surface area (Å²) in [5.41, 5.74) is 4.24. The topological polar surface area (TPSA) is 38.0 Å². The van der Waals surface area contributed by atoms with Crippen molar-refractivity contribution in [2.24, 2.45) is 5.84 Å². The molecular formula is C11H13BrN2S2. The number of nitrogens with two attached hydrogens (primary N) is 1. The van der Waals surface area contributed by atoms with Gasteiger partial charge in [0.25, 0.3) is 0 Å². The minimum Gasteiger partial charge on any atom is -0.271 e. The third-order valence-corrected chi connectivity index (χ3v) is 4.82. The van der Waals surface area contributed by atoms with E-state index in [1.165, 1.54) is 10.4 Å². The molecule has 0 fully saturated rings. The van der Waals surface area contributed by atoms with Gasteiger partial charge in [0.15, 0.2) is 0 Å². The summed E-state index contributed by atoms with van der Waals surface area (Å²) in [5.74, 6) is 5.59. The Morgan fingerprint density at radius 1 is 1.38 bits per heavy atom. The quantitative estimate of drug-likeness (QED) is 0.656. The molecule has 2 rings (SSSR count). The van der Waals surface area contributed by atoms with Gasteiger partial charge in [0.1, 0.15) is 0 Å². The van der Waals surface area contributed by atoms with Crippen LogP contribution in [0.1, 0.15) is 10.4 Å². The maximum Gasteiger partial charge on any atom is 0.0299 e. The van der Waals surface area contributed by atoms with Crippen molar-refractivity contribution in [3.63, 3.8) is 0 Å². The van der Waals surface area contributed by atoms with Crippen molar-refractivity contribution in [1.29, 1.82) is 0 Å². The smallest absolute Gasteiger partial charge is 0.0299 e. The minimum atomic E-state index is 0.306. The van der Waals surface area contributed by atoms with E-state index in [1.54, 1.807) is 22.7 Å². The molecule has 0 radical (unpaired) electrons. The van der Waals surface area contributed by atoms with E-state index in [0.717, 1.165) is 17.3 Å². The van der Waals surface area contributed by atoms with Gasteiger partial charge in [0.05, 0.1) is 0 Å². The molecular weight excluding hydrogens is 304 g/mol. The van der Waals surface area contributed by atoms with Gasteiger partial charge in [-0.2, -0.15) is 11.3 Å². The lowest BCUT2D eigenvalue weighted by atomic mass is 10.1. The van der Waals surface area contributed by atoms with Gasteiger partial charge in [0, 0.05) is 20.8 Å². The molecule has 2 aromatic heterocycles. The Hall–Kier alpha value is -0.200. The number of halogens is 1. The normalized spacial score (nSPS) is 12.9. The predicted octanol–water partition coefficient (Wildman–Crippen LogP) is 3.19. The molecule has 86 valence electrons. The summed E-state index contributed by atoms with van der Waals surface area (Å²) in [6, 6.07) is 4.61. The molecule has 2 heterocycles. The van der Waals surface area contributed by atoms with Crippen LogP contribution in [0.3, 0.4) is 0 Å². The van der Waals surface area contributed by atoms with Crippen LogP contribution in [-0.2, 0) is 12.8 Å². The first kappa shape index (κ1) is 12.3. The van der Waals surface area contributed by atoms with Crippen molar-refractivity contribution in [2.75, 3.05) is 0 Å².